The van der Waals surface area contributed by atoms with Gasteiger partial charge < -0.3 is 15.0 Å². The van der Waals surface area contributed by atoms with Crippen molar-refractivity contribution in [1.82, 2.24) is 10.2 Å². The van der Waals surface area contributed by atoms with Crippen LogP contribution in [-0.4, -0.2) is 49.1 Å². The van der Waals surface area contributed by atoms with Crippen molar-refractivity contribution >= 4 is 11.8 Å². The number of nitrogens with zero attached hydrogens (tertiary/aromatic N) is 1. The third-order valence-electron chi connectivity index (χ3n) is 3.67. The lowest BCUT2D eigenvalue weighted by atomic mass is 9.82. The molecule has 2 amide bonds. The first-order valence-electron chi connectivity index (χ1n) is 7.30. The molecule has 0 aromatic carbocycles. The SMILES string of the molecule is COCCCN1C(=O)C(C(C)(C)C)NC(=O)C1C(C)C. The lowest BCUT2D eigenvalue weighted by Crippen LogP contribution is -2.67. The number of piperazine rings is 1. The molecule has 1 heterocycles. The van der Waals surface area contributed by atoms with Gasteiger partial charge in [0.2, 0.25) is 11.8 Å². The summed E-state index contributed by atoms with van der Waals surface area (Å²) in [5.74, 6) is 0.0752. The first-order valence-corrected chi connectivity index (χ1v) is 7.30. The molecule has 5 nitrogen and oxygen atoms in total. The molecule has 20 heavy (non-hydrogen) atoms. The number of rotatable bonds is 5. The third kappa shape index (κ3) is 3.72. The largest absolute Gasteiger partial charge is 0.385 e. The number of amides is 2. The predicted molar refractivity (Wildman–Crippen MR) is 78.2 cm³/mol. The lowest BCUT2D eigenvalue weighted by molar-refractivity contribution is -0.154. The fourth-order valence-corrected chi connectivity index (χ4v) is 2.61. The summed E-state index contributed by atoms with van der Waals surface area (Å²) in [5.41, 5.74) is -0.284. The second-order valence-electron chi connectivity index (χ2n) is 6.87. The average molecular weight is 284 g/mol. The molecule has 2 atom stereocenters. The van der Waals surface area contributed by atoms with Crippen LogP contribution in [0.1, 0.15) is 41.0 Å². The van der Waals surface area contributed by atoms with Crippen LogP contribution in [0.3, 0.4) is 0 Å². The maximum absolute atomic E-state index is 12.7. The molecule has 0 radical (unpaired) electrons. The van der Waals surface area contributed by atoms with Crippen LogP contribution >= 0.6 is 0 Å². The Bertz CT molecular complexity index is 361. The summed E-state index contributed by atoms with van der Waals surface area (Å²) in [7, 11) is 1.64. The van der Waals surface area contributed by atoms with Crippen LogP contribution < -0.4 is 5.32 Å². The smallest absolute Gasteiger partial charge is 0.246 e. The van der Waals surface area contributed by atoms with E-state index in [0.29, 0.717) is 13.2 Å². The molecule has 5 heteroatoms. The van der Waals surface area contributed by atoms with E-state index in [4.69, 9.17) is 4.74 Å². The minimum Gasteiger partial charge on any atom is -0.385 e. The monoisotopic (exact) mass is 284 g/mol. The first kappa shape index (κ1) is 17.0. The summed E-state index contributed by atoms with van der Waals surface area (Å²) in [4.78, 5) is 26.8. The van der Waals surface area contributed by atoms with Gasteiger partial charge in [-0.15, -0.1) is 0 Å². The van der Waals surface area contributed by atoms with Gasteiger partial charge in [-0.3, -0.25) is 9.59 Å². The number of methoxy groups -OCH3 is 1. The number of carbonyl (C=O) groups is 2. The van der Waals surface area contributed by atoms with Gasteiger partial charge in [0, 0.05) is 20.3 Å². The van der Waals surface area contributed by atoms with Gasteiger partial charge >= 0.3 is 0 Å². The zero-order valence-corrected chi connectivity index (χ0v) is 13.5. The Hall–Kier alpha value is -1.10. The second kappa shape index (κ2) is 6.57. The standard InChI is InChI=1S/C15H28N2O3/c1-10(2)11-13(18)16-12(15(3,4)5)14(19)17(11)8-7-9-20-6/h10-12H,7-9H2,1-6H3,(H,16,18). The highest BCUT2D eigenvalue weighted by atomic mass is 16.5. The molecule has 0 aromatic rings. The molecule has 1 aliphatic heterocycles. The van der Waals surface area contributed by atoms with Crippen molar-refractivity contribution in [1.29, 1.82) is 0 Å². The van der Waals surface area contributed by atoms with E-state index in [2.05, 4.69) is 5.32 Å². The van der Waals surface area contributed by atoms with Gasteiger partial charge in [0.15, 0.2) is 0 Å². The maximum Gasteiger partial charge on any atom is 0.246 e. The van der Waals surface area contributed by atoms with Crippen molar-refractivity contribution in [2.75, 3.05) is 20.3 Å². The molecular formula is C15H28N2O3. The van der Waals surface area contributed by atoms with E-state index in [1.807, 2.05) is 34.6 Å². The van der Waals surface area contributed by atoms with E-state index in [-0.39, 0.29) is 29.2 Å². The second-order valence-corrected chi connectivity index (χ2v) is 6.87. The molecule has 1 N–H and O–H groups in total. The van der Waals surface area contributed by atoms with Crippen molar-refractivity contribution in [3.63, 3.8) is 0 Å². The molecule has 1 fully saturated rings. The van der Waals surface area contributed by atoms with Crippen LogP contribution in [0.15, 0.2) is 0 Å². The van der Waals surface area contributed by atoms with Crippen LogP contribution in [-0.2, 0) is 14.3 Å². The van der Waals surface area contributed by atoms with Crippen molar-refractivity contribution < 1.29 is 14.3 Å². The Morgan fingerprint density at radius 1 is 1.30 bits per heavy atom. The average Bonchev–Trinajstić information content (AvgIpc) is 2.31. The third-order valence-corrected chi connectivity index (χ3v) is 3.67. The van der Waals surface area contributed by atoms with E-state index in [1.165, 1.54) is 0 Å². The molecule has 0 spiro atoms. The van der Waals surface area contributed by atoms with Crippen LogP contribution in [0.2, 0.25) is 0 Å². The van der Waals surface area contributed by atoms with Gasteiger partial charge in [0.25, 0.3) is 0 Å². The summed E-state index contributed by atoms with van der Waals surface area (Å²) in [6, 6.07) is -0.828. The molecule has 116 valence electrons. The summed E-state index contributed by atoms with van der Waals surface area (Å²) < 4.78 is 5.05. The summed E-state index contributed by atoms with van der Waals surface area (Å²) in [5, 5.41) is 2.90. The Morgan fingerprint density at radius 3 is 2.35 bits per heavy atom. The van der Waals surface area contributed by atoms with Crippen LogP contribution in [0.25, 0.3) is 0 Å². The van der Waals surface area contributed by atoms with Crippen molar-refractivity contribution in [3.05, 3.63) is 0 Å². The fraction of sp³-hybridized carbons (Fsp3) is 0.867. The number of carbonyl (C=O) groups excluding carboxylic acids is 2. The van der Waals surface area contributed by atoms with E-state index >= 15 is 0 Å². The quantitative estimate of drug-likeness (QED) is 0.777. The van der Waals surface area contributed by atoms with Gasteiger partial charge in [0.05, 0.1) is 0 Å². The van der Waals surface area contributed by atoms with Crippen molar-refractivity contribution in [2.24, 2.45) is 11.3 Å². The molecule has 0 bridgehead atoms. The van der Waals surface area contributed by atoms with Gasteiger partial charge in [0.1, 0.15) is 12.1 Å². The van der Waals surface area contributed by atoms with E-state index in [0.717, 1.165) is 6.42 Å². The molecule has 2 unspecified atom stereocenters. The summed E-state index contributed by atoms with van der Waals surface area (Å²) >= 11 is 0. The number of hydrogen-bond donors (Lipinski definition) is 1. The Labute approximate surface area is 122 Å². The van der Waals surface area contributed by atoms with E-state index in [1.54, 1.807) is 12.0 Å². The van der Waals surface area contributed by atoms with Crippen LogP contribution in [0.5, 0.6) is 0 Å². The van der Waals surface area contributed by atoms with Gasteiger partial charge in [-0.2, -0.15) is 0 Å². The molecule has 0 aliphatic carbocycles. The fourth-order valence-electron chi connectivity index (χ4n) is 2.61. The highest BCUT2D eigenvalue weighted by molar-refractivity contribution is 5.97. The van der Waals surface area contributed by atoms with Gasteiger partial charge in [-0.25, -0.2) is 0 Å². The zero-order chi connectivity index (χ0) is 15.5. The zero-order valence-electron chi connectivity index (χ0n) is 13.5. The van der Waals surface area contributed by atoms with Crippen LogP contribution in [0.4, 0.5) is 0 Å². The predicted octanol–water partition coefficient (Wildman–Crippen LogP) is 1.42. The van der Waals surface area contributed by atoms with E-state index in [9.17, 15) is 9.59 Å². The highest BCUT2D eigenvalue weighted by Crippen LogP contribution is 2.27. The summed E-state index contributed by atoms with van der Waals surface area (Å²) in [6.07, 6.45) is 0.746. The van der Waals surface area contributed by atoms with Crippen LogP contribution in [0, 0.1) is 11.3 Å². The number of hydrogen-bond acceptors (Lipinski definition) is 3. The first-order chi connectivity index (χ1) is 9.20. The molecule has 1 saturated heterocycles. The molecule has 1 rings (SSSR count). The van der Waals surface area contributed by atoms with Gasteiger partial charge in [-0.05, 0) is 17.8 Å². The molecule has 0 aromatic heterocycles. The lowest BCUT2D eigenvalue weighted by Gasteiger charge is -2.44. The molecular weight excluding hydrogens is 256 g/mol. The Kier molecular flexibility index (Phi) is 5.57. The number of ether oxygens (including phenoxy) is 1. The normalized spacial score (nSPS) is 24.2. The number of nitrogens with one attached hydrogen (secondary N) is 1. The van der Waals surface area contributed by atoms with E-state index < -0.39 is 6.04 Å². The Balaban J connectivity index is 2.95. The maximum atomic E-state index is 12.7. The summed E-state index contributed by atoms with van der Waals surface area (Å²) in [6.45, 7) is 11.0. The highest BCUT2D eigenvalue weighted by Gasteiger charge is 2.45. The molecule has 1 aliphatic rings. The topological polar surface area (TPSA) is 58.6 Å². The molecule has 0 saturated carbocycles. The minimum absolute atomic E-state index is 0.0203. The minimum atomic E-state index is -0.451. The van der Waals surface area contributed by atoms with Crippen molar-refractivity contribution in [3.8, 4) is 0 Å². The van der Waals surface area contributed by atoms with Gasteiger partial charge in [-0.1, -0.05) is 34.6 Å². The Morgan fingerprint density at radius 2 is 1.90 bits per heavy atom. The van der Waals surface area contributed by atoms with Crippen molar-refractivity contribution in [2.45, 2.75) is 53.1 Å².